The minimum Gasteiger partial charge on any atom is -0.542 e. The molecule has 0 spiro atoms. The smallest absolute Gasteiger partial charge is 0.542 e. The van der Waals surface area contributed by atoms with E-state index in [0.717, 1.165) is 6.42 Å². The van der Waals surface area contributed by atoms with Gasteiger partial charge < -0.3 is 12.2 Å². The van der Waals surface area contributed by atoms with Gasteiger partial charge >= 0.3 is 18.6 Å². The standard InChI is InChI=1S/C9H8.C2H3O.2C2H6.CH3.I2.V/c1-2-5-9-7-3-6-8(9)4-1;1-2-3;2*1-2;;1-2;/h1-6H,7H2;1H3;2*1-2H3;1H3;;/q;-1;;;-1;;+2. The fourth-order valence-corrected chi connectivity index (χ4v) is 1.20. The second-order valence-electron chi connectivity index (χ2n) is 2.51. The van der Waals surface area contributed by atoms with Crippen LogP contribution in [-0.4, -0.2) is 6.29 Å². The molecule has 0 saturated carbocycles. The SMILES string of the molecule is C1=Cc2ccccc2C1.CC.CC.C[C-]=O.II.[CH3-].[V+2]. The molecule has 0 unspecified atom stereocenters. The van der Waals surface area contributed by atoms with E-state index in [-0.39, 0.29) is 26.0 Å². The van der Waals surface area contributed by atoms with Crippen molar-refractivity contribution in [3.05, 3.63) is 48.9 Å². The minimum atomic E-state index is 0. The third-order valence-electron chi connectivity index (χ3n) is 1.69. The van der Waals surface area contributed by atoms with E-state index >= 15 is 0 Å². The summed E-state index contributed by atoms with van der Waals surface area (Å²) < 4.78 is 0. The van der Waals surface area contributed by atoms with Gasteiger partial charge in [-0.2, -0.15) is 6.92 Å². The normalized spacial score (nSPS) is 7.75. The largest absolute Gasteiger partial charge is 2.00 e. The van der Waals surface area contributed by atoms with E-state index in [4.69, 9.17) is 4.79 Å². The molecule has 0 amide bonds. The molecule has 1 radical (unpaired) electrons. The zero-order valence-corrected chi connectivity index (χ0v) is 19.0. The van der Waals surface area contributed by atoms with Gasteiger partial charge in [-0.15, -0.1) is 0 Å². The molecule has 0 atom stereocenters. The molecule has 1 aliphatic rings. The molecule has 0 saturated heterocycles. The van der Waals surface area contributed by atoms with Crippen molar-refractivity contribution < 1.29 is 23.4 Å². The molecule has 4 heteroatoms. The van der Waals surface area contributed by atoms with E-state index in [9.17, 15) is 0 Å². The molecule has 1 aromatic rings. The quantitative estimate of drug-likeness (QED) is 0.267. The van der Waals surface area contributed by atoms with Gasteiger partial charge in [0.15, 0.2) is 0 Å². The van der Waals surface area contributed by atoms with Crippen LogP contribution in [0.4, 0.5) is 0 Å². The molecule has 2 rings (SSSR count). The molecule has 1 aromatic carbocycles. The molecule has 0 N–H and O–H groups in total. The molecule has 0 aliphatic heterocycles. The Hall–Kier alpha value is 0.674. The summed E-state index contributed by atoms with van der Waals surface area (Å²) >= 11 is 4.24. The summed E-state index contributed by atoms with van der Waals surface area (Å²) in [5.74, 6) is 0. The fourth-order valence-electron chi connectivity index (χ4n) is 1.20. The molecule has 0 aromatic heterocycles. The summed E-state index contributed by atoms with van der Waals surface area (Å²) in [6, 6.07) is 8.49. The number of benzene rings is 1. The van der Waals surface area contributed by atoms with Gasteiger partial charge in [0.25, 0.3) is 0 Å². The van der Waals surface area contributed by atoms with Crippen LogP contribution >= 0.6 is 37.2 Å². The van der Waals surface area contributed by atoms with Gasteiger partial charge in [0, 0.05) is 37.2 Å². The van der Waals surface area contributed by atoms with Crippen LogP contribution in [0.1, 0.15) is 45.7 Å². The number of allylic oxidation sites excluding steroid dienone is 1. The monoisotopic (exact) mass is 539 g/mol. The number of hydrogen-bond donors (Lipinski definition) is 0. The van der Waals surface area contributed by atoms with E-state index in [1.54, 1.807) is 0 Å². The maximum absolute atomic E-state index is 8.68. The Bertz CT molecular complexity index is 302. The van der Waals surface area contributed by atoms with Crippen LogP contribution in [0, 0.1) is 7.43 Å². The van der Waals surface area contributed by atoms with Crippen LogP contribution in [0.3, 0.4) is 0 Å². The Morgan fingerprint density at radius 3 is 1.85 bits per heavy atom. The van der Waals surface area contributed by atoms with Gasteiger partial charge in [-0.1, -0.05) is 64.1 Å². The number of carbonyl (C=O) groups excluding carboxylic acids is 1. The van der Waals surface area contributed by atoms with E-state index in [2.05, 4.69) is 73.6 Å². The number of hydrogen-bond acceptors (Lipinski definition) is 1. The van der Waals surface area contributed by atoms with Crippen molar-refractivity contribution in [3.8, 4) is 0 Å². The van der Waals surface area contributed by atoms with Crippen LogP contribution in [0.2, 0.25) is 0 Å². The predicted molar refractivity (Wildman–Crippen MR) is 108 cm³/mol. The Kier molecular flexibility index (Phi) is 51.9. The summed E-state index contributed by atoms with van der Waals surface area (Å²) in [5, 5.41) is 0. The Morgan fingerprint density at radius 1 is 1.05 bits per heavy atom. The van der Waals surface area contributed by atoms with Crippen molar-refractivity contribution in [2.45, 2.75) is 41.0 Å². The second kappa shape index (κ2) is 31.9. The first kappa shape index (κ1) is 32.6. The maximum atomic E-state index is 8.68. The van der Waals surface area contributed by atoms with E-state index in [1.807, 2.05) is 27.7 Å². The van der Waals surface area contributed by atoms with Gasteiger partial charge in [-0.3, -0.25) is 6.29 Å². The summed E-state index contributed by atoms with van der Waals surface area (Å²) in [6.07, 6.45) is 7.00. The molecule has 0 heterocycles. The summed E-state index contributed by atoms with van der Waals surface area (Å²) in [7, 11) is 0. The van der Waals surface area contributed by atoms with Gasteiger partial charge in [-0.25, -0.2) is 0 Å². The summed E-state index contributed by atoms with van der Waals surface area (Å²) in [5.41, 5.74) is 2.84. The third-order valence-corrected chi connectivity index (χ3v) is 1.69. The van der Waals surface area contributed by atoms with E-state index < -0.39 is 0 Å². The third kappa shape index (κ3) is 18.7. The Balaban J connectivity index is -0.0000000597. The van der Waals surface area contributed by atoms with Crippen molar-refractivity contribution in [2.75, 3.05) is 0 Å². The van der Waals surface area contributed by atoms with Crippen LogP contribution < -0.4 is 0 Å². The summed E-state index contributed by atoms with van der Waals surface area (Å²) in [4.78, 5) is 8.68. The number of halogens is 2. The van der Waals surface area contributed by atoms with Gasteiger partial charge in [0.2, 0.25) is 0 Å². The summed E-state index contributed by atoms with van der Waals surface area (Å²) in [6.45, 7) is 9.32. The average Bonchev–Trinajstić information content (AvgIpc) is 2.95. The first-order chi connectivity index (χ1) is 8.88. The van der Waals surface area contributed by atoms with Gasteiger partial charge in [0.1, 0.15) is 0 Å². The van der Waals surface area contributed by atoms with Crippen LogP contribution in [0.5, 0.6) is 0 Å². The van der Waals surface area contributed by atoms with Crippen molar-refractivity contribution in [1.29, 1.82) is 0 Å². The molecule has 0 fully saturated rings. The molecule has 115 valence electrons. The Morgan fingerprint density at radius 2 is 1.45 bits per heavy atom. The Labute approximate surface area is 161 Å². The molecular formula is C16H26I2OV. The maximum Gasteiger partial charge on any atom is 2.00 e. The van der Waals surface area contributed by atoms with Gasteiger partial charge in [0.05, 0.1) is 0 Å². The molecule has 1 nitrogen and oxygen atoms in total. The van der Waals surface area contributed by atoms with Crippen molar-refractivity contribution in [3.63, 3.8) is 0 Å². The topological polar surface area (TPSA) is 17.1 Å². The van der Waals surface area contributed by atoms with Crippen LogP contribution in [0.25, 0.3) is 6.08 Å². The molecule has 20 heavy (non-hydrogen) atoms. The average molecular weight is 539 g/mol. The minimum absolute atomic E-state index is 0. The van der Waals surface area contributed by atoms with E-state index in [1.165, 1.54) is 24.3 Å². The van der Waals surface area contributed by atoms with Crippen molar-refractivity contribution >= 4 is 49.6 Å². The number of fused-ring (bicyclic) bond motifs is 1. The van der Waals surface area contributed by atoms with Gasteiger partial charge in [-0.05, 0) is 17.5 Å². The van der Waals surface area contributed by atoms with Crippen LogP contribution in [0.15, 0.2) is 30.3 Å². The number of rotatable bonds is 0. The second-order valence-corrected chi connectivity index (χ2v) is 2.51. The zero-order chi connectivity index (χ0) is 14.8. The van der Waals surface area contributed by atoms with Crippen molar-refractivity contribution in [2.24, 2.45) is 0 Å². The molecular weight excluding hydrogens is 513 g/mol. The predicted octanol–water partition coefficient (Wildman–Crippen LogP) is 6.64. The first-order valence-corrected chi connectivity index (χ1v) is 12.3. The molecule has 1 aliphatic carbocycles. The zero-order valence-electron chi connectivity index (χ0n) is 13.3. The van der Waals surface area contributed by atoms with E-state index in [0.29, 0.717) is 0 Å². The molecule has 0 bridgehead atoms. The van der Waals surface area contributed by atoms with Crippen molar-refractivity contribution in [1.82, 2.24) is 0 Å². The fraction of sp³-hybridized carbons (Fsp3) is 0.375. The first-order valence-electron chi connectivity index (χ1n) is 6.06. The van der Waals surface area contributed by atoms with Crippen LogP contribution in [-0.2, 0) is 29.8 Å².